The van der Waals surface area contributed by atoms with Gasteiger partial charge in [-0.1, -0.05) is 12.1 Å². The molecule has 0 atom stereocenters. The van der Waals surface area contributed by atoms with E-state index in [1.807, 2.05) is 0 Å². The number of hydrogen-bond donors (Lipinski definition) is 2. The van der Waals surface area contributed by atoms with Crippen molar-refractivity contribution in [1.82, 2.24) is 19.7 Å². The van der Waals surface area contributed by atoms with Crippen LogP contribution in [0.1, 0.15) is 16.2 Å². The number of hydrogen-bond acceptors (Lipinski definition) is 9. The molecule has 2 N–H and O–H groups in total. The maximum Gasteiger partial charge on any atom is 0.339 e. The number of carbonyl (C=O) groups excluding carboxylic acids is 2. The number of sulfonamides is 1. The second-order valence-electron chi connectivity index (χ2n) is 4.74. The molecule has 2 amide bonds. The van der Waals surface area contributed by atoms with E-state index in [9.17, 15) is 18.0 Å². The Bertz CT molecular complexity index is 953. The number of benzene rings is 1. The van der Waals surface area contributed by atoms with Crippen LogP contribution in [0.25, 0.3) is 0 Å². The van der Waals surface area contributed by atoms with Crippen molar-refractivity contribution in [2.75, 3.05) is 19.5 Å². The Morgan fingerprint density at radius 3 is 2.37 bits per heavy atom. The van der Waals surface area contributed by atoms with Crippen molar-refractivity contribution in [2.24, 2.45) is 0 Å². The fourth-order valence-corrected chi connectivity index (χ4v) is 2.99. The first-order valence-corrected chi connectivity index (χ1v) is 8.53. The molecule has 27 heavy (non-hydrogen) atoms. The molecule has 1 radical (unpaired) electrons. The molecule has 0 aliphatic carbocycles. The first kappa shape index (κ1) is 22.3. The first-order chi connectivity index (χ1) is 12.3. The summed E-state index contributed by atoms with van der Waals surface area (Å²) in [5.41, 5.74) is -0.215. The number of esters is 1. The molecule has 0 spiro atoms. The Labute approximate surface area is 166 Å². The van der Waals surface area contributed by atoms with Crippen molar-refractivity contribution < 1.29 is 46.0 Å². The number of rotatable bonds is 5. The molecule has 1 heterocycles. The zero-order valence-corrected chi connectivity index (χ0v) is 16.7. The van der Waals surface area contributed by atoms with E-state index < -0.39 is 26.9 Å². The van der Waals surface area contributed by atoms with Crippen LogP contribution in [0.4, 0.5) is 10.7 Å². The normalized spacial score (nSPS) is 10.3. The van der Waals surface area contributed by atoms with E-state index in [4.69, 9.17) is 4.74 Å². The molecule has 13 heteroatoms. The monoisotopic (exact) mass is 432 g/mol. The van der Waals surface area contributed by atoms with Crippen LogP contribution >= 0.6 is 0 Å². The Balaban J connectivity index is 0.00000364. The predicted octanol–water partition coefficient (Wildman–Crippen LogP) is 0.483. The number of anilines is 1. The third kappa shape index (κ3) is 5.64. The number of aromatic nitrogens is 3. The summed E-state index contributed by atoms with van der Waals surface area (Å²) < 4.78 is 36.0. The molecule has 0 unspecified atom stereocenters. The van der Waals surface area contributed by atoms with Crippen LogP contribution in [0.5, 0.6) is 6.01 Å². The predicted molar refractivity (Wildman–Crippen MR) is 88.2 cm³/mol. The Morgan fingerprint density at radius 2 is 1.74 bits per heavy atom. The smallest absolute Gasteiger partial charge is 0.339 e. The summed E-state index contributed by atoms with van der Waals surface area (Å²) in [5, 5.41) is 2.16. The standard InChI is InChI=1S/C14H15N5O6S.V/c1-8-15-12(18-14(16-8)25-3)17-13(21)19-26(22,23)10-7-5-4-6-9(10)11(20)24-2;/h4-7H,1-3H3,(H2,15,16,17,18,19,21);. The van der Waals surface area contributed by atoms with Crippen LogP contribution in [0, 0.1) is 6.92 Å². The molecule has 2 aromatic rings. The van der Waals surface area contributed by atoms with Crippen LogP contribution in [0.2, 0.25) is 0 Å². The van der Waals surface area contributed by atoms with E-state index in [-0.39, 0.29) is 41.9 Å². The summed E-state index contributed by atoms with van der Waals surface area (Å²) in [6.07, 6.45) is 0. The van der Waals surface area contributed by atoms with E-state index >= 15 is 0 Å². The van der Waals surface area contributed by atoms with Crippen molar-refractivity contribution >= 4 is 28.0 Å². The van der Waals surface area contributed by atoms with Gasteiger partial charge < -0.3 is 9.47 Å². The zero-order valence-electron chi connectivity index (χ0n) is 14.5. The SMILES string of the molecule is COC(=O)c1ccccc1S(=O)(=O)NC(=O)Nc1nc(C)nc(OC)n1.[V]. The summed E-state index contributed by atoms with van der Waals surface area (Å²) in [7, 11) is -1.92. The molecule has 0 saturated heterocycles. The van der Waals surface area contributed by atoms with Gasteiger partial charge >= 0.3 is 18.0 Å². The third-order valence-corrected chi connectivity index (χ3v) is 4.33. The Hall–Kier alpha value is -2.70. The van der Waals surface area contributed by atoms with Gasteiger partial charge in [0.15, 0.2) is 0 Å². The Morgan fingerprint density at radius 1 is 1.07 bits per heavy atom. The van der Waals surface area contributed by atoms with Crippen LogP contribution < -0.4 is 14.8 Å². The zero-order chi connectivity index (χ0) is 19.3. The third-order valence-electron chi connectivity index (χ3n) is 2.94. The fraction of sp³-hybridized carbons (Fsp3) is 0.214. The van der Waals surface area contributed by atoms with Gasteiger partial charge in [0.05, 0.1) is 19.8 Å². The number of carbonyl (C=O) groups is 2. The molecule has 11 nitrogen and oxygen atoms in total. The van der Waals surface area contributed by atoms with Crippen molar-refractivity contribution in [3.63, 3.8) is 0 Å². The minimum absolute atomic E-state index is 0. The van der Waals surface area contributed by atoms with Gasteiger partial charge in [-0.15, -0.1) is 0 Å². The topological polar surface area (TPSA) is 149 Å². The number of nitrogens with one attached hydrogen (secondary N) is 2. The van der Waals surface area contributed by atoms with E-state index in [1.165, 1.54) is 32.2 Å². The van der Waals surface area contributed by atoms with E-state index in [2.05, 4.69) is 25.0 Å². The van der Waals surface area contributed by atoms with Gasteiger partial charge in [0.25, 0.3) is 10.0 Å². The Kier molecular flexibility index (Phi) is 7.70. The summed E-state index contributed by atoms with van der Waals surface area (Å²) >= 11 is 0. The van der Waals surface area contributed by atoms with Gasteiger partial charge in [0, 0.05) is 18.6 Å². The minimum atomic E-state index is -4.36. The molecule has 1 aromatic heterocycles. The number of ether oxygens (including phenoxy) is 2. The van der Waals surface area contributed by atoms with E-state index in [0.717, 1.165) is 13.2 Å². The van der Waals surface area contributed by atoms with Gasteiger partial charge in [-0.05, 0) is 19.1 Å². The quantitative estimate of drug-likeness (QED) is 0.643. The summed E-state index contributed by atoms with van der Waals surface area (Å²) in [5.74, 6) is -0.807. The summed E-state index contributed by atoms with van der Waals surface area (Å²) in [6.45, 7) is 1.54. The van der Waals surface area contributed by atoms with Gasteiger partial charge in [-0.3, -0.25) is 5.32 Å². The summed E-state index contributed by atoms with van der Waals surface area (Å²) in [4.78, 5) is 34.7. The van der Waals surface area contributed by atoms with Crippen LogP contribution in [-0.2, 0) is 33.3 Å². The van der Waals surface area contributed by atoms with E-state index in [1.54, 1.807) is 4.72 Å². The maximum absolute atomic E-state index is 12.4. The van der Waals surface area contributed by atoms with Crippen molar-refractivity contribution in [3.8, 4) is 6.01 Å². The fourth-order valence-electron chi connectivity index (χ4n) is 1.89. The van der Waals surface area contributed by atoms with Gasteiger partial charge in [-0.2, -0.15) is 15.0 Å². The van der Waals surface area contributed by atoms with Gasteiger partial charge in [0.1, 0.15) is 10.7 Å². The van der Waals surface area contributed by atoms with Crippen molar-refractivity contribution in [2.45, 2.75) is 11.8 Å². The van der Waals surface area contributed by atoms with Gasteiger partial charge in [-0.25, -0.2) is 22.7 Å². The molecule has 143 valence electrons. The van der Waals surface area contributed by atoms with Crippen molar-refractivity contribution in [3.05, 3.63) is 35.7 Å². The van der Waals surface area contributed by atoms with E-state index in [0.29, 0.717) is 0 Å². The van der Waals surface area contributed by atoms with Crippen LogP contribution in [-0.4, -0.2) is 49.6 Å². The van der Waals surface area contributed by atoms with Crippen molar-refractivity contribution in [1.29, 1.82) is 0 Å². The molecule has 1 aromatic carbocycles. The molecule has 0 fully saturated rings. The number of urea groups is 1. The average molecular weight is 432 g/mol. The molecular formula is C14H15N5O6SV. The number of methoxy groups -OCH3 is 2. The summed E-state index contributed by atoms with van der Waals surface area (Å²) in [6, 6.07) is 4.12. The maximum atomic E-state index is 12.4. The average Bonchev–Trinajstić information content (AvgIpc) is 2.59. The molecule has 2 rings (SSSR count). The molecule has 0 bridgehead atoms. The first-order valence-electron chi connectivity index (χ1n) is 7.04. The second kappa shape index (κ2) is 9.30. The molecule has 0 aliphatic heterocycles. The molecular weight excluding hydrogens is 417 g/mol. The minimum Gasteiger partial charge on any atom is -0.467 e. The number of aryl methyl sites for hydroxylation is 1. The second-order valence-corrected chi connectivity index (χ2v) is 6.39. The number of nitrogens with zero attached hydrogens (tertiary/aromatic N) is 3. The largest absolute Gasteiger partial charge is 0.467 e. The molecule has 0 saturated carbocycles. The number of amides is 2. The van der Waals surface area contributed by atoms with Crippen LogP contribution in [0.3, 0.4) is 0 Å². The van der Waals surface area contributed by atoms with Crippen LogP contribution in [0.15, 0.2) is 29.2 Å². The van der Waals surface area contributed by atoms with Gasteiger partial charge in [0.2, 0.25) is 5.95 Å². The molecule has 0 aliphatic rings.